The molecule has 122 valence electrons. The van der Waals surface area contributed by atoms with Gasteiger partial charge in [0.2, 0.25) is 0 Å². The highest BCUT2D eigenvalue weighted by Crippen LogP contribution is 2.34. The van der Waals surface area contributed by atoms with E-state index in [0.717, 1.165) is 31.1 Å². The average molecular weight is 333 g/mol. The number of ether oxygens (including phenoxy) is 1. The Bertz CT molecular complexity index is 723. The number of methoxy groups -OCH3 is 1. The van der Waals surface area contributed by atoms with E-state index in [1.165, 1.54) is 24.8 Å². The lowest BCUT2D eigenvalue weighted by atomic mass is 9.99. The minimum Gasteiger partial charge on any atom is -0.465 e. The Morgan fingerprint density at radius 1 is 1.57 bits per heavy atom. The lowest BCUT2D eigenvalue weighted by Crippen LogP contribution is -2.34. The third kappa shape index (κ3) is 2.98. The van der Waals surface area contributed by atoms with Gasteiger partial charge in [-0.1, -0.05) is 17.4 Å². The summed E-state index contributed by atoms with van der Waals surface area (Å²) in [4.78, 5) is 23.6. The predicted octanol–water partition coefficient (Wildman–Crippen LogP) is 2.13. The molecule has 0 aromatic carbocycles. The fraction of sp³-hybridized carbons (Fsp3) is 0.467. The standard InChI is InChI=1S/C15H19N5O2S/c1-4-10-6-5-7-20(8-10)15-18-11(12(23-15)14(21)22-3)13-16-9-17-19(13)2/h4,9-10H,1,5-8H2,2-3H3. The first-order valence-corrected chi connectivity index (χ1v) is 8.26. The largest absolute Gasteiger partial charge is 0.465 e. The molecule has 1 saturated heterocycles. The summed E-state index contributed by atoms with van der Waals surface area (Å²) in [6.07, 6.45) is 5.67. The van der Waals surface area contributed by atoms with Crippen molar-refractivity contribution in [1.82, 2.24) is 19.7 Å². The average Bonchev–Trinajstić information content (AvgIpc) is 3.20. The van der Waals surface area contributed by atoms with Crippen LogP contribution in [0.15, 0.2) is 19.0 Å². The molecular formula is C15H19N5O2S. The Hall–Kier alpha value is -2.22. The van der Waals surface area contributed by atoms with Crippen molar-refractivity contribution < 1.29 is 9.53 Å². The van der Waals surface area contributed by atoms with E-state index in [-0.39, 0.29) is 0 Å². The van der Waals surface area contributed by atoms with Crippen molar-refractivity contribution in [3.63, 3.8) is 0 Å². The third-order valence-electron chi connectivity index (χ3n) is 3.97. The van der Waals surface area contributed by atoms with Crippen LogP contribution in [0, 0.1) is 5.92 Å². The van der Waals surface area contributed by atoms with Crippen LogP contribution in [0.4, 0.5) is 5.13 Å². The summed E-state index contributed by atoms with van der Waals surface area (Å²) in [5.74, 6) is 0.613. The second-order valence-electron chi connectivity index (χ2n) is 5.46. The Morgan fingerprint density at radius 3 is 3.04 bits per heavy atom. The van der Waals surface area contributed by atoms with E-state index in [1.807, 2.05) is 6.08 Å². The molecule has 2 aromatic heterocycles. The number of aromatic nitrogens is 4. The molecule has 2 aromatic rings. The minimum atomic E-state index is -0.399. The normalized spacial score (nSPS) is 18.0. The topological polar surface area (TPSA) is 73.1 Å². The Kier molecular flexibility index (Phi) is 4.42. The number of hydrogen-bond acceptors (Lipinski definition) is 7. The summed E-state index contributed by atoms with van der Waals surface area (Å²) in [5, 5.41) is 4.87. The van der Waals surface area contributed by atoms with Crippen molar-refractivity contribution in [1.29, 1.82) is 0 Å². The van der Waals surface area contributed by atoms with Gasteiger partial charge in [0.1, 0.15) is 16.9 Å². The first-order valence-electron chi connectivity index (χ1n) is 7.45. The lowest BCUT2D eigenvalue weighted by Gasteiger charge is -2.30. The third-order valence-corrected chi connectivity index (χ3v) is 5.07. The molecule has 1 atom stereocenters. The molecule has 0 radical (unpaired) electrons. The van der Waals surface area contributed by atoms with Gasteiger partial charge in [-0.3, -0.25) is 0 Å². The molecule has 0 spiro atoms. The molecule has 8 heteroatoms. The van der Waals surface area contributed by atoms with E-state index in [1.54, 1.807) is 11.7 Å². The Morgan fingerprint density at radius 2 is 2.39 bits per heavy atom. The molecule has 0 bridgehead atoms. The summed E-state index contributed by atoms with van der Waals surface area (Å²) >= 11 is 1.34. The van der Waals surface area contributed by atoms with Crippen molar-refractivity contribution in [2.45, 2.75) is 12.8 Å². The highest BCUT2D eigenvalue weighted by molar-refractivity contribution is 7.17. The molecule has 23 heavy (non-hydrogen) atoms. The zero-order chi connectivity index (χ0) is 16.4. The monoisotopic (exact) mass is 333 g/mol. The summed E-state index contributed by atoms with van der Waals surface area (Å²) in [6.45, 7) is 5.69. The molecule has 1 aliphatic rings. The van der Waals surface area contributed by atoms with Gasteiger partial charge in [0.25, 0.3) is 0 Å². The van der Waals surface area contributed by atoms with Crippen LogP contribution in [0.25, 0.3) is 11.5 Å². The maximum absolute atomic E-state index is 12.1. The first kappa shape index (κ1) is 15.7. The van der Waals surface area contributed by atoms with Gasteiger partial charge in [-0.15, -0.1) is 6.58 Å². The van der Waals surface area contributed by atoms with E-state index in [2.05, 4.69) is 26.5 Å². The maximum atomic E-state index is 12.1. The smallest absolute Gasteiger partial charge is 0.350 e. The van der Waals surface area contributed by atoms with E-state index in [4.69, 9.17) is 4.74 Å². The van der Waals surface area contributed by atoms with Gasteiger partial charge >= 0.3 is 5.97 Å². The van der Waals surface area contributed by atoms with Gasteiger partial charge < -0.3 is 9.64 Å². The van der Waals surface area contributed by atoms with Crippen LogP contribution in [0.1, 0.15) is 22.5 Å². The lowest BCUT2D eigenvalue weighted by molar-refractivity contribution is 0.0607. The quantitative estimate of drug-likeness (QED) is 0.630. The van der Waals surface area contributed by atoms with Crippen LogP contribution in [0.2, 0.25) is 0 Å². The second kappa shape index (κ2) is 6.49. The van der Waals surface area contributed by atoms with Crippen molar-refractivity contribution in [3.05, 3.63) is 23.9 Å². The molecule has 7 nitrogen and oxygen atoms in total. The first-order chi connectivity index (χ1) is 11.1. The van der Waals surface area contributed by atoms with Gasteiger partial charge in [0.05, 0.1) is 7.11 Å². The molecule has 3 heterocycles. The maximum Gasteiger partial charge on any atom is 0.350 e. The van der Waals surface area contributed by atoms with Crippen molar-refractivity contribution in [2.75, 3.05) is 25.1 Å². The second-order valence-corrected chi connectivity index (χ2v) is 6.43. The number of aryl methyl sites for hydroxylation is 1. The summed E-state index contributed by atoms with van der Waals surface area (Å²) in [5.41, 5.74) is 0.526. The molecule has 1 fully saturated rings. The molecule has 1 unspecified atom stereocenters. The molecule has 0 saturated carbocycles. The SMILES string of the molecule is C=CC1CCCN(c2nc(-c3ncnn3C)c(C(=O)OC)s2)C1. The predicted molar refractivity (Wildman–Crippen MR) is 88.6 cm³/mol. The minimum absolute atomic E-state index is 0.399. The zero-order valence-electron chi connectivity index (χ0n) is 13.2. The van der Waals surface area contributed by atoms with Crippen LogP contribution < -0.4 is 4.90 Å². The van der Waals surface area contributed by atoms with Crippen LogP contribution in [-0.4, -0.2) is 45.9 Å². The number of piperidine rings is 1. The Labute approximate surface area is 138 Å². The summed E-state index contributed by atoms with van der Waals surface area (Å²) in [7, 11) is 3.15. The number of nitrogens with zero attached hydrogens (tertiary/aromatic N) is 5. The van der Waals surface area contributed by atoms with Gasteiger partial charge in [-0.05, 0) is 18.8 Å². The molecule has 0 amide bonds. The van der Waals surface area contributed by atoms with Crippen LogP contribution >= 0.6 is 11.3 Å². The van der Waals surface area contributed by atoms with Crippen LogP contribution in [0.5, 0.6) is 0 Å². The number of carbonyl (C=O) groups excluding carboxylic acids is 1. The van der Waals surface area contributed by atoms with Gasteiger partial charge in [0, 0.05) is 20.1 Å². The zero-order valence-corrected chi connectivity index (χ0v) is 14.0. The van der Waals surface area contributed by atoms with Crippen molar-refractivity contribution in [2.24, 2.45) is 13.0 Å². The number of hydrogen-bond donors (Lipinski definition) is 0. The number of rotatable bonds is 4. The molecule has 3 rings (SSSR count). The molecular weight excluding hydrogens is 314 g/mol. The molecule has 1 aliphatic heterocycles. The highest BCUT2D eigenvalue weighted by atomic mass is 32.1. The van der Waals surface area contributed by atoms with E-state index >= 15 is 0 Å². The number of thiazole rings is 1. The molecule has 0 aliphatic carbocycles. The van der Waals surface area contributed by atoms with Crippen LogP contribution in [0.3, 0.4) is 0 Å². The fourth-order valence-electron chi connectivity index (χ4n) is 2.71. The fourth-order valence-corrected chi connectivity index (χ4v) is 3.73. The number of carbonyl (C=O) groups is 1. The van der Waals surface area contributed by atoms with E-state index in [0.29, 0.717) is 22.3 Å². The van der Waals surface area contributed by atoms with E-state index < -0.39 is 5.97 Å². The number of anilines is 1. The van der Waals surface area contributed by atoms with Gasteiger partial charge in [-0.2, -0.15) is 5.10 Å². The van der Waals surface area contributed by atoms with Gasteiger partial charge in [-0.25, -0.2) is 19.4 Å². The Balaban J connectivity index is 1.99. The van der Waals surface area contributed by atoms with E-state index in [9.17, 15) is 4.79 Å². The molecule has 0 N–H and O–H groups in total. The summed E-state index contributed by atoms with van der Waals surface area (Å²) in [6, 6.07) is 0. The van der Waals surface area contributed by atoms with Crippen molar-refractivity contribution >= 4 is 22.4 Å². The number of esters is 1. The highest BCUT2D eigenvalue weighted by Gasteiger charge is 2.27. The van der Waals surface area contributed by atoms with Crippen LogP contribution in [-0.2, 0) is 11.8 Å². The summed E-state index contributed by atoms with van der Waals surface area (Å²) < 4.78 is 6.50. The van der Waals surface area contributed by atoms with Gasteiger partial charge in [0.15, 0.2) is 11.0 Å². The van der Waals surface area contributed by atoms with Crippen molar-refractivity contribution in [3.8, 4) is 11.5 Å².